The lowest BCUT2D eigenvalue weighted by Gasteiger charge is -2.12. The molecule has 5 nitrogen and oxygen atoms in total. The highest BCUT2D eigenvalue weighted by Gasteiger charge is 2.05. The molecule has 0 unspecified atom stereocenters. The molecule has 2 rings (SSSR count). The summed E-state index contributed by atoms with van der Waals surface area (Å²) in [4.78, 5) is 10.8. The van der Waals surface area contributed by atoms with E-state index < -0.39 is 0 Å². The number of anilines is 3. The fraction of sp³-hybridized carbons (Fsp3) is 0.375. The summed E-state index contributed by atoms with van der Waals surface area (Å²) in [5.41, 5.74) is 1.23. The number of nitrogens with zero attached hydrogens (tertiary/aromatic N) is 3. The largest absolute Gasteiger partial charge is 0.354 e. The van der Waals surface area contributed by atoms with E-state index in [9.17, 15) is 4.39 Å². The first-order chi connectivity index (χ1) is 10.5. The number of benzene rings is 1. The Morgan fingerprint density at radius 1 is 1.18 bits per heavy atom. The molecule has 0 bridgehead atoms. The standard InChI is InChI=1S/C16H22FN5/c1-12-11-15(20-14-8-5-4-7-13(14)17)21-16(19-12)18-9-6-10-22(2)3/h4-5,7-8,11H,6,9-10H2,1-3H3,(H2,18,19,20,21). The van der Waals surface area contributed by atoms with E-state index in [4.69, 9.17) is 0 Å². The average molecular weight is 303 g/mol. The topological polar surface area (TPSA) is 53.1 Å². The molecular weight excluding hydrogens is 281 g/mol. The number of hydrogen-bond acceptors (Lipinski definition) is 5. The quantitative estimate of drug-likeness (QED) is 0.770. The number of halogens is 1. The van der Waals surface area contributed by atoms with Crippen LogP contribution in [0.2, 0.25) is 0 Å². The fourth-order valence-corrected chi connectivity index (χ4v) is 2.01. The molecule has 0 saturated carbocycles. The molecule has 2 N–H and O–H groups in total. The van der Waals surface area contributed by atoms with Crippen molar-refractivity contribution in [1.29, 1.82) is 0 Å². The van der Waals surface area contributed by atoms with E-state index in [1.165, 1.54) is 6.07 Å². The van der Waals surface area contributed by atoms with Gasteiger partial charge in [-0.3, -0.25) is 0 Å². The molecule has 0 amide bonds. The van der Waals surface area contributed by atoms with Crippen LogP contribution in [0.4, 0.5) is 21.8 Å². The van der Waals surface area contributed by atoms with Crippen LogP contribution in [0.3, 0.4) is 0 Å². The van der Waals surface area contributed by atoms with Crippen molar-refractivity contribution in [1.82, 2.24) is 14.9 Å². The van der Waals surface area contributed by atoms with Crippen molar-refractivity contribution in [2.75, 3.05) is 37.8 Å². The number of nitrogens with one attached hydrogen (secondary N) is 2. The van der Waals surface area contributed by atoms with Crippen LogP contribution in [0.5, 0.6) is 0 Å². The van der Waals surface area contributed by atoms with Gasteiger partial charge in [-0.05, 0) is 46.1 Å². The van der Waals surface area contributed by atoms with Gasteiger partial charge in [-0.1, -0.05) is 12.1 Å². The van der Waals surface area contributed by atoms with Crippen LogP contribution in [0.15, 0.2) is 30.3 Å². The molecule has 6 heteroatoms. The second-order valence-electron chi connectivity index (χ2n) is 5.41. The zero-order valence-corrected chi connectivity index (χ0v) is 13.2. The van der Waals surface area contributed by atoms with E-state index in [1.54, 1.807) is 24.3 Å². The molecule has 0 saturated heterocycles. The van der Waals surface area contributed by atoms with Crippen LogP contribution in [-0.2, 0) is 0 Å². The Morgan fingerprint density at radius 2 is 1.95 bits per heavy atom. The lowest BCUT2D eigenvalue weighted by molar-refractivity contribution is 0.405. The molecular formula is C16H22FN5. The van der Waals surface area contributed by atoms with Gasteiger partial charge in [-0.2, -0.15) is 4.98 Å². The molecule has 0 aliphatic rings. The second kappa shape index (κ2) is 7.70. The van der Waals surface area contributed by atoms with E-state index in [2.05, 4.69) is 25.5 Å². The van der Waals surface area contributed by atoms with Crippen molar-refractivity contribution in [3.63, 3.8) is 0 Å². The highest BCUT2D eigenvalue weighted by molar-refractivity contribution is 5.58. The zero-order valence-electron chi connectivity index (χ0n) is 13.2. The Hall–Kier alpha value is -2.21. The van der Waals surface area contributed by atoms with Gasteiger partial charge in [0.2, 0.25) is 5.95 Å². The van der Waals surface area contributed by atoms with Crippen LogP contribution in [0.1, 0.15) is 12.1 Å². The summed E-state index contributed by atoms with van der Waals surface area (Å²) in [5, 5.41) is 6.19. The van der Waals surface area contributed by atoms with Crippen LogP contribution in [-0.4, -0.2) is 42.1 Å². The summed E-state index contributed by atoms with van der Waals surface area (Å²) in [6, 6.07) is 8.31. The predicted octanol–water partition coefficient (Wildman–Crippen LogP) is 3.03. The summed E-state index contributed by atoms with van der Waals surface area (Å²) in [6.07, 6.45) is 1.00. The minimum Gasteiger partial charge on any atom is -0.354 e. The zero-order chi connectivity index (χ0) is 15.9. The van der Waals surface area contributed by atoms with Crippen molar-refractivity contribution in [2.45, 2.75) is 13.3 Å². The van der Waals surface area contributed by atoms with Gasteiger partial charge in [0, 0.05) is 18.3 Å². The van der Waals surface area contributed by atoms with Gasteiger partial charge >= 0.3 is 0 Å². The predicted molar refractivity (Wildman–Crippen MR) is 88.1 cm³/mol. The summed E-state index contributed by atoms with van der Waals surface area (Å²) < 4.78 is 13.7. The van der Waals surface area contributed by atoms with Gasteiger partial charge in [0.1, 0.15) is 11.6 Å². The molecule has 0 aliphatic carbocycles. The Balaban J connectivity index is 2.02. The van der Waals surface area contributed by atoms with E-state index >= 15 is 0 Å². The van der Waals surface area contributed by atoms with E-state index in [1.807, 2.05) is 21.0 Å². The first kappa shape index (κ1) is 16.2. The lowest BCUT2D eigenvalue weighted by atomic mass is 10.3. The molecule has 0 radical (unpaired) electrons. The third-order valence-corrected chi connectivity index (χ3v) is 3.06. The molecule has 22 heavy (non-hydrogen) atoms. The first-order valence-electron chi connectivity index (χ1n) is 7.30. The summed E-state index contributed by atoms with van der Waals surface area (Å²) >= 11 is 0. The fourth-order valence-electron chi connectivity index (χ4n) is 2.01. The van der Waals surface area contributed by atoms with Gasteiger partial charge in [0.25, 0.3) is 0 Å². The average Bonchev–Trinajstić information content (AvgIpc) is 2.45. The first-order valence-corrected chi connectivity index (χ1v) is 7.30. The normalized spacial score (nSPS) is 10.8. The van der Waals surface area contributed by atoms with Crippen LogP contribution < -0.4 is 10.6 Å². The highest BCUT2D eigenvalue weighted by atomic mass is 19.1. The Morgan fingerprint density at radius 3 is 2.68 bits per heavy atom. The molecule has 0 spiro atoms. The van der Waals surface area contributed by atoms with Crippen LogP contribution in [0.25, 0.3) is 0 Å². The van der Waals surface area contributed by atoms with Crippen molar-refractivity contribution >= 4 is 17.5 Å². The summed E-state index contributed by atoms with van der Waals surface area (Å²) in [7, 11) is 4.08. The molecule has 2 aromatic rings. The number of aryl methyl sites for hydroxylation is 1. The number of rotatable bonds is 7. The Labute approximate surface area is 130 Å². The summed E-state index contributed by atoms with van der Waals surface area (Å²) in [6.45, 7) is 3.68. The highest BCUT2D eigenvalue weighted by Crippen LogP contribution is 2.19. The monoisotopic (exact) mass is 303 g/mol. The minimum atomic E-state index is -0.306. The molecule has 1 aromatic carbocycles. The maximum absolute atomic E-state index is 13.7. The molecule has 0 aliphatic heterocycles. The van der Waals surface area contributed by atoms with Gasteiger partial charge in [0.05, 0.1) is 5.69 Å². The van der Waals surface area contributed by atoms with E-state index in [-0.39, 0.29) is 5.82 Å². The van der Waals surface area contributed by atoms with Crippen LogP contribution in [0, 0.1) is 12.7 Å². The SMILES string of the molecule is Cc1cc(Nc2ccccc2F)nc(NCCCN(C)C)n1. The van der Waals surface area contributed by atoms with Crippen molar-refractivity contribution in [3.8, 4) is 0 Å². The van der Waals surface area contributed by atoms with E-state index in [0.29, 0.717) is 17.5 Å². The van der Waals surface area contributed by atoms with Crippen LogP contribution >= 0.6 is 0 Å². The molecule has 0 atom stereocenters. The maximum atomic E-state index is 13.7. The summed E-state index contributed by atoms with van der Waals surface area (Å²) in [5.74, 6) is 0.824. The van der Waals surface area contributed by atoms with E-state index in [0.717, 1.165) is 25.2 Å². The van der Waals surface area contributed by atoms with Gasteiger partial charge in [-0.15, -0.1) is 0 Å². The Bertz CT molecular complexity index is 615. The van der Waals surface area contributed by atoms with Crippen molar-refractivity contribution < 1.29 is 4.39 Å². The Kier molecular flexibility index (Phi) is 5.66. The molecule has 1 heterocycles. The molecule has 0 fully saturated rings. The van der Waals surface area contributed by atoms with Gasteiger partial charge in [-0.25, -0.2) is 9.37 Å². The lowest BCUT2D eigenvalue weighted by Crippen LogP contribution is -2.17. The molecule has 1 aromatic heterocycles. The maximum Gasteiger partial charge on any atom is 0.224 e. The van der Waals surface area contributed by atoms with Crippen molar-refractivity contribution in [2.24, 2.45) is 0 Å². The van der Waals surface area contributed by atoms with Gasteiger partial charge in [0.15, 0.2) is 0 Å². The van der Waals surface area contributed by atoms with Gasteiger partial charge < -0.3 is 15.5 Å². The number of aromatic nitrogens is 2. The van der Waals surface area contributed by atoms with Crippen molar-refractivity contribution in [3.05, 3.63) is 41.8 Å². The molecule has 118 valence electrons. The minimum absolute atomic E-state index is 0.306. The number of hydrogen-bond donors (Lipinski definition) is 2. The second-order valence-corrected chi connectivity index (χ2v) is 5.41. The number of para-hydroxylation sites is 1. The smallest absolute Gasteiger partial charge is 0.224 e. The third kappa shape index (κ3) is 4.96. The third-order valence-electron chi connectivity index (χ3n) is 3.06.